The molecule has 150 valence electrons. The highest BCUT2D eigenvalue weighted by atomic mass is 35.5. The average molecular weight is 403 g/mol. The summed E-state index contributed by atoms with van der Waals surface area (Å²) in [5.74, 6) is 0.174. The summed E-state index contributed by atoms with van der Waals surface area (Å²) in [6, 6.07) is 14.3. The molecule has 0 saturated carbocycles. The molecule has 0 heterocycles. The molecule has 2 amide bonds. The molecule has 0 bridgehead atoms. The quantitative estimate of drug-likeness (QED) is 0.693. The minimum atomic E-state index is -0.616. The van der Waals surface area contributed by atoms with E-state index in [4.69, 9.17) is 16.3 Å². The van der Waals surface area contributed by atoms with Crippen molar-refractivity contribution in [3.8, 4) is 5.75 Å². The van der Waals surface area contributed by atoms with Crippen molar-refractivity contribution in [1.29, 1.82) is 0 Å². The van der Waals surface area contributed by atoms with Gasteiger partial charge in [-0.15, -0.1) is 0 Å². The Hall–Kier alpha value is -2.53. The van der Waals surface area contributed by atoms with Gasteiger partial charge in [0.1, 0.15) is 11.8 Å². The van der Waals surface area contributed by atoms with Crippen molar-refractivity contribution in [2.75, 3.05) is 13.2 Å². The van der Waals surface area contributed by atoms with Crippen molar-refractivity contribution in [3.63, 3.8) is 0 Å². The predicted molar refractivity (Wildman–Crippen MR) is 111 cm³/mol. The van der Waals surface area contributed by atoms with Crippen molar-refractivity contribution in [3.05, 3.63) is 64.7 Å². The standard InChI is InChI=1S/C22H27ClN2O3/c1-4-17-8-12-20(13-9-17)28-15-21(26)25(16(3)22(27)24-5-2)14-18-6-10-19(23)11-7-18/h6-13,16H,4-5,14-15H2,1-3H3,(H,24,27). The number of rotatable bonds is 9. The smallest absolute Gasteiger partial charge is 0.261 e. The van der Waals surface area contributed by atoms with Gasteiger partial charge in [0.25, 0.3) is 5.91 Å². The van der Waals surface area contributed by atoms with Gasteiger partial charge in [-0.05, 0) is 55.7 Å². The van der Waals surface area contributed by atoms with E-state index in [9.17, 15) is 9.59 Å². The molecule has 2 aromatic carbocycles. The lowest BCUT2D eigenvalue weighted by Crippen LogP contribution is -2.49. The van der Waals surface area contributed by atoms with Crippen LogP contribution in [0.5, 0.6) is 5.75 Å². The molecule has 5 nitrogen and oxygen atoms in total. The van der Waals surface area contributed by atoms with Gasteiger partial charge in [0, 0.05) is 18.1 Å². The first-order valence-corrected chi connectivity index (χ1v) is 9.85. The Kier molecular flexibility index (Phi) is 8.33. The fraction of sp³-hybridized carbons (Fsp3) is 0.364. The first-order chi connectivity index (χ1) is 13.4. The molecule has 0 aliphatic heterocycles. The van der Waals surface area contributed by atoms with Crippen LogP contribution in [0, 0.1) is 0 Å². The summed E-state index contributed by atoms with van der Waals surface area (Å²) in [4.78, 5) is 26.7. The lowest BCUT2D eigenvalue weighted by atomic mass is 10.1. The number of ether oxygens (including phenoxy) is 1. The molecule has 0 aliphatic rings. The van der Waals surface area contributed by atoms with E-state index in [1.165, 1.54) is 10.5 Å². The average Bonchev–Trinajstić information content (AvgIpc) is 2.71. The van der Waals surface area contributed by atoms with Crippen LogP contribution in [0.2, 0.25) is 5.02 Å². The zero-order valence-corrected chi connectivity index (χ0v) is 17.3. The van der Waals surface area contributed by atoms with Crippen molar-refractivity contribution in [1.82, 2.24) is 10.2 Å². The van der Waals surface area contributed by atoms with Crippen LogP contribution in [-0.4, -0.2) is 35.9 Å². The Balaban J connectivity index is 2.10. The molecule has 28 heavy (non-hydrogen) atoms. The minimum Gasteiger partial charge on any atom is -0.484 e. The zero-order valence-electron chi connectivity index (χ0n) is 16.6. The second-order valence-corrected chi connectivity index (χ2v) is 6.94. The molecule has 1 N–H and O–H groups in total. The highest BCUT2D eigenvalue weighted by Crippen LogP contribution is 2.16. The third kappa shape index (κ3) is 6.27. The first-order valence-electron chi connectivity index (χ1n) is 9.48. The highest BCUT2D eigenvalue weighted by Gasteiger charge is 2.26. The zero-order chi connectivity index (χ0) is 20.5. The number of amides is 2. The lowest BCUT2D eigenvalue weighted by Gasteiger charge is -2.28. The van der Waals surface area contributed by atoms with Crippen molar-refractivity contribution in [2.24, 2.45) is 0 Å². The van der Waals surface area contributed by atoms with E-state index in [1.807, 2.05) is 43.3 Å². The normalized spacial score (nSPS) is 11.6. The number of likely N-dealkylation sites (N-methyl/N-ethyl adjacent to an activating group) is 1. The largest absolute Gasteiger partial charge is 0.484 e. The van der Waals surface area contributed by atoms with Crippen LogP contribution >= 0.6 is 11.6 Å². The maximum absolute atomic E-state index is 12.9. The number of nitrogens with one attached hydrogen (secondary N) is 1. The Morgan fingerprint density at radius 1 is 1.04 bits per heavy atom. The maximum Gasteiger partial charge on any atom is 0.261 e. The van der Waals surface area contributed by atoms with Crippen molar-refractivity contribution in [2.45, 2.75) is 39.8 Å². The van der Waals surface area contributed by atoms with E-state index in [2.05, 4.69) is 12.2 Å². The molecular weight excluding hydrogens is 376 g/mol. The van der Waals surface area contributed by atoms with Gasteiger partial charge in [-0.25, -0.2) is 0 Å². The molecule has 0 aromatic heterocycles. The second-order valence-electron chi connectivity index (χ2n) is 6.50. The van der Waals surface area contributed by atoms with Crippen LogP contribution in [0.1, 0.15) is 31.9 Å². The molecular formula is C22H27ClN2O3. The maximum atomic E-state index is 12.9. The molecule has 2 aromatic rings. The van der Waals surface area contributed by atoms with Crippen LogP contribution < -0.4 is 10.1 Å². The van der Waals surface area contributed by atoms with Crippen molar-refractivity contribution >= 4 is 23.4 Å². The molecule has 0 fully saturated rings. The van der Waals surface area contributed by atoms with Crippen LogP contribution in [0.3, 0.4) is 0 Å². The third-order valence-corrected chi connectivity index (χ3v) is 4.73. The van der Waals surface area contributed by atoms with E-state index in [0.29, 0.717) is 23.9 Å². The van der Waals surface area contributed by atoms with E-state index in [1.54, 1.807) is 19.1 Å². The van der Waals surface area contributed by atoms with Gasteiger partial charge in [-0.3, -0.25) is 9.59 Å². The number of hydrogen-bond acceptors (Lipinski definition) is 3. The van der Waals surface area contributed by atoms with Gasteiger partial charge in [0.05, 0.1) is 0 Å². The molecule has 0 spiro atoms. The first kappa shape index (κ1) is 21.8. The molecule has 0 radical (unpaired) electrons. The SMILES string of the molecule is CCNC(=O)C(C)N(Cc1ccc(Cl)cc1)C(=O)COc1ccc(CC)cc1. The number of nitrogens with zero attached hydrogens (tertiary/aromatic N) is 1. The van der Waals surface area contributed by atoms with Gasteiger partial charge in [0.2, 0.25) is 5.91 Å². The minimum absolute atomic E-state index is 0.136. The summed E-state index contributed by atoms with van der Waals surface area (Å²) in [6.07, 6.45) is 0.943. The number of benzene rings is 2. The predicted octanol–water partition coefficient (Wildman–Crippen LogP) is 3.83. The van der Waals surface area contributed by atoms with Gasteiger partial charge < -0.3 is 15.0 Å². The van der Waals surface area contributed by atoms with Crippen LogP contribution in [0.25, 0.3) is 0 Å². The molecule has 1 atom stereocenters. The van der Waals surface area contributed by atoms with Gasteiger partial charge in [0.15, 0.2) is 6.61 Å². The Morgan fingerprint density at radius 2 is 1.64 bits per heavy atom. The lowest BCUT2D eigenvalue weighted by molar-refractivity contribution is -0.142. The Bertz CT molecular complexity index is 775. The fourth-order valence-corrected chi connectivity index (χ4v) is 2.87. The third-order valence-electron chi connectivity index (χ3n) is 4.48. The summed E-state index contributed by atoms with van der Waals surface area (Å²) in [7, 11) is 0. The van der Waals surface area contributed by atoms with Crippen LogP contribution in [0.4, 0.5) is 0 Å². The molecule has 2 rings (SSSR count). The van der Waals surface area contributed by atoms with E-state index < -0.39 is 6.04 Å². The number of halogens is 1. The van der Waals surface area contributed by atoms with Crippen LogP contribution in [0.15, 0.2) is 48.5 Å². The monoisotopic (exact) mass is 402 g/mol. The summed E-state index contributed by atoms with van der Waals surface area (Å²) >= 11 is 5.94. The Morgan fingerprint density at radius 3 is 2.21 bits per heavy atom. The molecule has 0 aliphatic carbocycles. The molecule has 6 heteroatoms. The van der Waals surface area contributed by atoms with Gasteiger partial charge >= 0.3 is 0 Å². The van der Waals surface area contributed by atoms with E-state index in [0.717, 1.165) is 12.0 Å². The molecule has 0 saturated heterocycles. The summed E-state index contributed by atoms with van der Waals surface area (Å²) < 4.78 is 5.65. The number of aryl methyl sites for hydroxylation is 1. The second kappa shape index (κ2) is 10.7. The van der Waals surface area contributed by atoms with E-state index >= 15 is 0 Å². The van der Waals surface area contributed by atoms with Crippen molar-refractivity contribution < 1.29 is 14.3 Å². The fourth-order valence-electron chi connectivity index (χ4n) is 2.74. The van der Waals surface area contributed by atoms with Crippen LogP contribution in [-0.2, 0) is 22.6 Å². The topological polar surface area (TPSA) is 58.6 Å². The summed E-state index contributed by atoms with van der Waals surface area (Å²) in [5.41, 5.74) is 2.09. The summed E-state index contributed by atoms with van der Waals surface area (Å²) in [5, 5.41) is 3.39. The van der Waals surface area contributed by atoms with Gasteiger partial charge in [-0.2, -0.15) is 0 Å². The number of carbonyl (C=O) groups excluding carboxylic acids is 2. The molecule has 1 unspecified atom stereocenters. The highest BCUT2D eigenvalue weighted by molar-refractivity contribution is 6.30. The number of hydrogen-bond donors (Lipinski definition) is 1. The number of carbonyl (C=O) groups is 2. The van der Waals surface area contributed by atoms with Gasteiger partial charge in [-0.1, -0.05) is 42.8 Å². The summed E-state index contributed by atoms with van der Waals surface area (Å²) in [6.45, 7) is 6.31. The Labute approximate surface area is 171 Å². The van der Waals surface area contributed by atoms with E-state index in [-0.39, 0.29) is 18.4 Å².